The average Bonchev–Trinajstić information content (AvgIpc) is 2.87. The molecule has 1 saturated heterocycles. The fraction of sp³-hybridized carbons (Fsp3) is 0.438. The van der Waals surface area contributed by atoms with E-state index in [9.17, 15) is 26.3 Å². The molecule has 0 aliphatic carbocycles. The highest BCUT2D eigenvalue weighted by molar-refractivity contribution is 5.41. The lowest BCUT2D eigenvalue weighted by Crippen LogP contribution is -2.32. The van der Waals surface area contributed by atoms with Crippen molar-refractivity contribution in [3.63, 3.8) is 0 Å². The number of alkyl halides is 6. The van der Waals surface area contributed by atoms with E-state index in [1.165, 1.54) is 6.07 Å². The van der Waals surface area contributed by atoms with Crippen molar-refractivity contribution in [2.24, 2.45) is 0 Å². The first-order valence-corrected chi connectivity index (χ1v) is 8.08. The maximum absolute atomic E-state index is 12.8. The van der Waals surface area contributed by atoms with Gasteiger partial charge in [-0.1, -0.05) is 0 Å². The molecule has 1 aliphatic heterocycles. The quantitative estimate of drug-likeness (QED) is 0.732. The Balaban J connectivity index is 1.71. The smallest absolute Gasteiger partial charge is 0.355 e. The van der Waals surface area contributed by atoms with Gasteiger partial charge in [0.1, 0.15) is 11.5 Å². The molecule has 146 valence electrons. The minimum atomic E-state index is -4.56. The summed E-state index contributed by atoms with van der Waals surface area (Å²) in [6.07, 6.45) is -6.61. The van der Waals surface area contributed by atoms with E-state index in [4.69, 9.17) is 0 Å². The van der Waals surface area contributed by atoms with Gasteiger partial charge in [0, 0.05) is 38.6 Å². The van der Waals surface area contributed by atoms with Crippen LogP contribution in [-0.4, -0.2) is 41.1 Å². The van der Waals surface area contributed by atoms with Crippen molar-refractivity contribution >= 4 is 11.8 Å². The molecule has 2 aromatic heterocycles. The number of nitrogens with zero attached hydrogens (tertiary/aromatic N) is 5. The van der Waals surface area contributed by atoms with Gasteiger partial charge in [-0.05, 0) is 24.6 Å². The van der Waals surface area contributed by atoms with Crippen LogP contribution in [0.15, 0.2) is 30.6 Å². The summed E-state index contributed by atoms with van der Waals surface area (Å²) in [6, 6.07) is 3.06. The predicted molar refractivity (Wildman–Crippen MR) is 85.3 cm³/mol. The third kappa shape index (κ3) is 4.58. The minimum Gasteiger partial charge on any atom is -0.355 e. The number of rotatable bonds is 2. The first-order valence-electron chi connectivity index (χ1n) is 8.08. The summed E-state index contributed by atoms with van der Waals surface area (Å²) in [7, 11) is 0. The van der Waals surface area contributed by atoms with Gasteiger partial charge in [0.2, 0.25) is 5.95 Å². The number of hydrogen-bond donors (Lipinski definition) is 0. The number of hydrogen-bond acceptors (Lipinski definition) is 5. The molecule has 5 nitrogen and oxygen atoms in total. The fourth-order valence-electron chi connectivity index (χ4n) is 2.75. The molecule has 0 unspecified atom stereocenters. The van der Waals surface area contributed by atoms with E-state index < -0.39 is 23.6 Å². The number of pyridine rings is 1. The molecule has 0 spiro atoms. The van der Waals surface area contributed by atoms with Crippen LogP contribution in [0.1, 0.15) is 17.7 Å². The zero-order chi connectivity index (χ0) is 19.7. The fourth-order valence-corrected chi connectivity index (χ4v) is 2.75. The Bertz CT molecular complexity index is 774. The summed E-state index contributed by atoms with van der Waals surface area (Å²) in [5, 5.41) is 0. The molecule has 0 atom stereocenters. The van der Waals surface area contributed by atoms with Crippen molar-refractivity contribution in [1.82, 2.24) is 15.0 Å². The van der Waals surface area contributed by atoms with Gasteiger partial charge in [-0.15, -0.1) is 0 Å². The van der Waals surface area contributed by atoms with Crippen molar-refractivity contribution in [1.29, 1.82) is 0 Å². The molecular formula is C16H15F6N5. The molecule has 27 heavy (non-hydrogen) atoms. The number of aromatic nitrogens is 3. The van der Waals surface area contributed by atoms with Crippen molar-refractivity contribution in [3.05, 3.63) is 41.9 Å². The van der Waals surface area contributed by atoms with E-state index in [0.29, 0.717) is 38.4 Å². The van der Waals surface area contributed by atoms with Gasteiger partial charge >= 0.3 is 12.4 Å². The van der Waals surface area contributed by atoms with Crippen LogP contribution in [-0.2, 0) is 12.4 Å². The lowest BCUT2D eigenvalue weighted by Gasteiger charge is -2.23. The maximum atomic E-state index is 12.8. The normalized spacial score (nSPS) is 16.4. The third-order valence-electron chi connectivity index (χ3n) is 4.11. The second kappa shape index (κ2) is 7.20. The summed E-state index contributed by atoms with van der Waals surface area (Å²) in [5.74, 6) is 0.363. The van der Waals surface area contributed by atoms with Gasteiger partial charge in [-0.3, -0.25) is 0 Å². The largest absolute Gasteiger partial charge is 0.433 e. The summed E-state index contributed by atoms with van der Waals surface area (Å²) in [6.45, 7) is 1.63. The molecule has 2 aromatic rings. The highest BCUT2D eigenvalue weighted by Gasteiger charge is 2.33. The molecule has 11 heteroatoms. The second-order valence-corrected chi connectivity index (χ2v) is 5.97. The third-order valence-corrected chi connectivity index (χ3v) is 4.11. The van der Waals surface area contributed by atoms with E-state index >= 15 is 0 Å². The van der Waals surface area contributed by atoms with Crippen molar-refractivity contribution < 1.29 is 26.3 Å². The van der Waals surface area contributed by atoms with E-state index in [2.05, 4.69) is 15.0 Å². The molecule has 0 radical (unpaired) electrons. The van der Waals surface area contributed by atoms with Crippen LogP contribution >= 0.6 is 0 Å². The van der Waals surface area contributed by atoms with Gasteiger partial charge in [-0.25, -0.2) is 15.0 Å². The summed E-state index contributed by atoms with van der Waals surface area (Å²) < 4.78 is 76.3. The first-order chi connectivity index (χ1) is 12.6. The highest BCUT2D eigenvalue weighted by Crippen LogP contribution is 2.30. The van der Waals surface area contributed by atoms with Crippen LogP contribution in [0.2, 0.25) is 0 Å². The summed E-state index contributed by atoms with van der Waals surface area (Å²) in [4.78, 5) is 14.8. The number of halogens is 6. The second-order valence-electron chi connectivity index (χ2n) is 5.97. The molecule has 0 amide bonds. The Morgan fingerprint density at radius 2 is 1.48 bits per heavy atom. The van der Waals surface area contributed by atoms with Gasteiger partial charge in [0.25, 0.3) is 0 Å². The van der Waals surface area contributed by atoms with Crippen LogP contribution in [0.4, 0.5) is 38.1 Å². The molecule has 3 rings (SSSR count). The van der Waals surface area contributed by atoms with Crippen molar-refractivity contribution in [2.75, 3.05) is 36.0 Å². The van der Waals surface area contributed by atoms with Crippen LogP contribution in [0, 0.1) is 0 Å². The number of anilines is 2. The zero-order valence-electron chi connectivity index (χ0n) is 13.9. The van der Waals surface area contributed by atoms with Crippen LogP contribution in [0.25, 0.3) is 0 Å². The molecule has 0 saturated carbocycles. The Morgan fingerprint density at radius 1 is 0.778 bits per heavy atom. The van der Waals surface area contributed by atoms with Crippen molar-refractivity contribution in [2.45, 2.75) is 18.8 Å². The lowest BCUT2D eigenvalue weighted by molar-refractivity contribution is -0.141. The Kier molecular flexibility index (Phi) is 5.11. The van der Waals surface area contributed by atoms with Crippen LogP contribution in [0.5, 0.6) is 0 Å². The first kappa shape index (κ1) is 19.2. The van der Waals surface area contributed by atoms with E-state index in [-0.39, 0.29) is 5.95 Å². The Hall–Kier alpha value is -2.59. The van der Waals surface area contributed by atoms with E-state index in [0.717, 1.165) is 24.5 Å². The molecule has 0 aromatic carbocycles. The average molecular weight is 391 g/mol. The van der Waals surface area contributed by atoms with Gasteiger partial charge < -0.3 is 9.80 Å². The Labute approximate surface area is 150 Å². The van der Waals surface area contributed by atoms with Gasteiger partial charge in [0.05, 0.1) is 5.56 Å². The maximum Gasteiger partial charge on any atom is 0.433 e. The van der Waals surface area contributed by atoms with Gasteiger partial charge in [-0.2, -0.15) is 26.3 Å². The molecular weight excluding hydrogens is 376 g/mol. The monoisotopic (exact) mass is 391 g/mol. The highest BCUT2D eigenvalue weighted by atomic mass is 19.4. The molecule has 0 bridgehead atoms. The zero-order valence-corrected chi connectivity index (χ0v) is 13.9. The minimum absolute atomic E-state index is 0.0212. The molecule has 3 heterocycles. The topological polar surface area (TPSA) is 45.2 Å². The van der Waals surface area contributed by atoms with E-state index in [1.54, 1.807) is 9.80 Å². The molecule has 1 fully saturated rings. The lowest BCUT2D eigenvalue weighted by atomic mass is 10.2. The Morgan fingerprint density at radius 3 is 2.11 bits per heavy atom. The van der Waals surface area contributed by atoms with Gasteiger partial charge in [0.15, 0.2) is 0 Å². The molecule has 0 N–H and O–H groups in total. The van der Waals surface area contributed by atoms with E-state index in [1.807, 2.05) is 0 Å². The summed E-state index contributed by atoms with van der Waals surface area (Å²) >= 11 is 0. The SMILES string of the molecule is FC(F)(F)c1ccc(N2CCCN(c3nccc(C(F)(F)F)n3)CC2)nc1. The predicted octanol–water partition coefficient (Wildman–Crippen LogP) is 3.63. The standard InChI is InChI=1S/C16H15F6N5/c17-15(18,19)11-2-3-13(24-10-11)26-6-1-7-27(9-8-26)14-23-5-4-12(25-14)16(20,21)22/h2-5,10H,1,6-9H2. The van der Waals surface area contributed by atoms with Crippen molar-refractivity contribution in [3.8, 4) is 0 Å². The molecule has 1 aliphatic rings. The summed E-state index contributed by atoms with van der Waals surface area (Å²) in [5.41, 5.74) is -1.85. The van der Waals surface area contributed by atoms with Crippen LogP contribution in [0.3, 0.4) is 0 Å². The van der Waals surface area contributed by atoms with Crippen LogP contribution < -0.4 is 9.80 Å².